The third-order valence-corrected chi connectivity index (χ3v) is 9.89. The van der Waals surface area contributed by atoms with Gasteiger partial charge in [0.15, 0.2) is 0 Å². The zero-order valence-corrected chi connectivity index (χ0v) is 25.3. The number of hydrogen-bond donors (Lipinski definition) is 0. The maximum atomic E-state index is 13.9. The van der Waals surface area contributed by atoms with Gasteiger partial charge in [-0.1, -0.05) is 29.5 Å². The topological polar surface area (TPSA) is 122 Å². The van der Waals surface area contributed by atoms with Gasteiger partial charge in [0.25, 0.3) is 5.91 Å². The quantitative estimate of drug-likeness (QED) is 0.190. The van der Waals surface area contributed by atoms with Crippen LogP contribution in [0.25, 0.3) is 21.2 Å². The Morgan fingerprint density at radius 1 is 1.07 bits per heavy atom. The first-order valence-corrected chi connectivity index (χ1v) is 15.9. The number of nitrogens with zero attached hydrogens (tertiary/aromatic N) is 4. The first kappa shape index (κ1) is 28.9. The number of anilines is 1. The molecule has 12 heteroatoms. The second-order valence-corrected chi connectivity index (χ2v) is 13.4. The van der Waals surface area contributed by atoms with Crippen LogP contribution in [0.3, 0.4) is 0 Å². The molecule has 1 amide bonds. The summed E-state index contributed by atoms with van der Waals surface area (Å²) in [6.45, 7) is 6.12. The lowest BCUT2D eigenvalue weighted by molar-refractivity contribution is -0.0440. The number of ether oxygens (including phenoxy) is 1. The third kappa shape index (κ3) is 5.74. The van der Waals surface area contributed by atoms with E-state index in [-0.39, 0.29) is 46.7 Å². The average Bonchev–Trinajstić information content (AvgIpc) is 3.40. The van der Waals surface area contributed by atoms with Gasteiger partial charge in [-0.25, -0.2) is 13.4 Å². The molecule has 220 valence electrons. The molecule has 1 aliphatic heterocycles. The molecule has 2 aromatic heterocycles. The summed E-state index contributed by atoms with van der Waals surface area (Å²) in [5, 5.41) is 6.19. The van der Waals surface area contributed by atoms with E-state index in [9.17, 15) is 18.0 Å². The Labute approximate surface area is 251 Å². The number of carbonyl (C=O) groups is 1. The summed E-state index contributed by atoms with van der Waals surface area (Å²) in [5.74, 6) is -0.547. The van der Waals surface area contributed by atoms with Crippen molar-refractivity contribution in [1.82, 2.24) is 9.29 Å². The highest BCUT2D eigenvalue weighted by Gasteiger charge is 2.32. The number of para-hydroxylation sites is 1. The van der Waals surface area contributed by atoms with Gasteiger partial charge in [0.2, 0.25) is 20.6 Å². The second kappa shape index (κ2) is 11.5. The number of benzene rings is 3. The minimum absolute atomic E-state index is 0.0737. The van der Waals surface area contributed by atoms with Crippen molar-refractivity contribution in [2.75, 3.05) is 18.1 Å². The summed E-state index contributed by atoms with van der Waals surface area (Å²) < 4.78 is 40.2. The second-order valence-electron chi connectivity index (χ2n) is 10.4. The van der Waals surface area contributed by atoms with E-state index in [0.717, 1.165) is 15.3 Å². The zero-order valence-electron chi connectivity index (χ0n) is 23.6. The Kier molecular flexibility index (Phi) is 7.69. The van der Waals surface area contributed by atoms with Gasteiger partial charge in [-0.15, -0.1) is 0 Å². The van der Waals surface area contributed by atoms with Crippen LogP contribution in [0.1, 0.15) is 35.3 Å². The van der Waals surface area contributed by atoms with Crippen LogP contribution in [0.5, 0.6) is 0 Å². The van der Waals surface area contributed by atoms with Crippen LogP contribution >= 0.6 is 11.3 Å². The first-order chi connectivity index (χ1) is 20.6. The molecule has 5 aromatic rings. The van der Waals surface area contributed by atoms with Gasteiger partial charge in [-0.3, -0.25) is 9.59 Å². The zero-order chi connectivity index (χ0) is 30.3. The van der Waals surface area contributed by atoms with Crippen molar-refractivity contribution in [3.05, 3.63) is 99.9 Å². The average molecular weight is 617 g/mol. The smallest absolute Gasteiger partial charge is 0.280 e. The number of fused-ring (bicyclic) bond motifs is 2. The number of thiazole rings is 1. The molecule has 3 heterocycles. The molecule has 1 saturated heterocycles. The maximum Gasteiger partial charge on any atom is 0.280 e. The molecule has 3 aromatic carbocycles. The van der Waals surface area contributed by atoms with Crippen LogP contribution in [-0.2, 0) is 14.8 Å². The van der Waals surface area contributed by atoms with Crippen LogP contribution in [0, 0.1) is 6.92 Å². The van der Waals surface area contributed by atoms with Crippen molar-refractivity contribution in [2.45, 2.75) is 37.9 Å². The van der Waals surface area contributed by atoms with Gasteiger partial charge in [0.05, 0.1) is 44.5 Å². The molecule has 2 unspecified atom stereocenters. The van der Waals surface area contributed by atoms with E-state index in [2.05, 4.69) is 10.1 Å². The lowest BCUT2D eigenvalue weighted by Gasteiger charge is -2.34. The van der Waals surface area contributed by atoms with Gasteiger partial charge in [-0.2, -0.15) is 14.4 Å². The Bertz CT molecular complexity index is 2030. The molecular weight excluding hydrogens is 588 g/mol. The Morgan fingerprint density at radius 2 is 1.79 bits per heavy atom. The number of hydrogen-bond acceptors (Lipinski definition) is 9. The van der Waals surface area contributed by atoms with Gasteiger partial charge < -0.3 is 9.15 Å². The Balaban J connectivity index is 1.35. The first-order valence-electron chi connectivity index (χ1n) is 13.6. The lowest BCUT2D eigenvalue weighted by Crippen LogP contribution is -2.48. The normalized spacial score (nSPS) is 18.0. The molecule has 0 spiro atoms. The molecule has 0 bridgehead atoms. The summed E-state index contributed by atoms with van der Waals surface area (Å²) in [6.07, 6.45) is 2.11. The minimum atomic E-state index is -3.79. The number of hydrazone groups is 1. The van der Waals surface area contributed by atoms with Crippen LogP contribution in [-0.4, -0.2) is 55.1 Å². The monoisotopic (exact) mass is 616 g/mol. The molecular formula is C31H28N4O6S2. The fourth-order valence-corrected chi connectivity index (χ4v) is 7.58. The number of aryl methyl sites for hydroxylation is 1. The van der Waals surface area contributed by atoms with E-state index in [0.29, 0.717) is 21.6 Å². The van der Waals surface area contributed by atoms with E-state index in [1.807, 2.05) is 39.0 Å². The highest BCUT2D eigenvalue weighted by molar-refractivity contribution is 7.89. The van der Waals surface area contributed by atoms with Crippen LogP contribution < -0.4 is 10.4 Å². The van der Waals surface area contributed by atoms with Crippen LogP contribution in [0.2, 0.25) is 0 Å². The van der Waals surface area contributed by atoms with Crippen LogP contribution in [0.15, 0.2) is 92.2 Å². The summed E-state index contributed by atoms with van der Waals surface area (Å²) in [4.78, 5) is 31.6. The molecule has 0 aliphatic carbocycles. The molecule has 2 atom stereocenters. The van der Waals surface area contributed by atoms with Gasteiger partial charge >= 0.3 is 0 Å². The van der Waals surface area contributed by atoms with Crippen molar-refractivity contribution in [1.29, 1.82) is 0 Å². The fourth-order valence-electron chi connectivity index (χ4n) is 4.97. The number of amides is 1. The highest BCUT2D eigenvalue weighted by atomic mass is 32.2. The van der Waals surface area contributed by atoms with Crippen molar-refractivity contribution in [3.63, 3.8) is 0 Å². The van der Waals surface area contributed by atoms with Gasteiger partial charge in [0.1, 0.15) is 11.8 Å². The summed E-state index contributed by atoms with van der Waals surface area (Å²) in [7, 11) is -3.79. The van der Waals surface area contributed by atoms with Gasteiger partial charge in [0, 0.05) is 18.7 Å². The van der Waals surface area contributed by atoms with E-state index in [1.54, 1.807) is 24.3 Å². The molecule has 0 saturated carbocycles. The summed E-state index contributed by atoms with van der Waals surface area (Å²) in [5.41, 5.74) is 2.23. The van der Waals surface area contributed by atoms with Crippen molar-refractivity contribution in [3.8, 4) is 0 Å². The lowest BCUT2D eigenvalue weighted by atomic mass is 10.2. The van der Waals surface area contributed by atoms with Crippen molar-refractivity contribution >= 4 is 59.8 Å². The molecule has 1 fully saturated rings. The molecule has 0 N–H and O–H groups in total. The minimum Gasteiger partial charge on any atom is -0.463 e. The Morgan fingerprint density at radius 3 is 2.53 bits per heavy atom. The summed E-state index contributed by atoms with van der Waals surface area (Å²) >= 11 is 1.28. The number of morpholine rings is 1. The van der Waals surface area contributed by atoms with Gasteiger partial charge in [-0.05, 0) is 74.9 Å². The van der Waals surface area contributed by atoms with Crippen molar-refractivity contribution < 1.29 is 22.4 Å². The number of aromatic nitrogens is 1. The molecule has 0 radical (unpaired) electrons. The largest absolute Gasteiger partial charge is 0.463 e. The third-order valence-electron chi connectivity index (χ3n) is 7.05. The SMILES string of the molecule is Cc1ccc2nc(N(/N=C/c3coc4ccccc4c3=O)C(=O)c3ccc(S(=O)(=O)N4CC(C)OC(C)C4)cc3)sc2c1. The maximum absolute atomic E-state index is 13.9. The molecule has 6 rings (SSSR count). The fraction of sp³-hybridized carbons (Fsp3) is 0.226. The van der Waals surface area contributed by atoms with Crippen molar-refractivity contribution in [2.24, 2.45) is 5.10 Å². The number of rotatable bonds is 6. The highest BCUT2D eigenvalue weighted by Crippen LogP contribution is 2.31. The Hall–Kier alpha value is -4.23. The number of carbonyl (C=O) groups excluding carboxylic acids is 1. The predicted octanol–water partition coefficient (Wildman–Crippen LogP) is 5.19. The molecule has 1 aliphatic rings. The molecule has 10 nitrogen and oxygen atoms in total. The number of sulfonamides is 1. The van der Waals surface area contributed by atoms with E-state index >= 15 is 0 Å². The molecule has 43 heavy (non-hydrogen) atoms. The van der Waals surface area contributed by atoms with Crippen LogP contribution in [0.4, 0.5) is 5.13 Å². The predicted molar refractivity (Wildman–Crippen MR) is 166 cm³/mol. The van der Waals surface area contributed by atoms with E-state index in [1.165, 1.54) is 52.4 Å². The van der Waals surface area contributed by atoms with E-state index < -0.39 is 15.9 Å². The summed E-state index contributed by atoms with van der Waals surface area (Å²) in [6, 6.07) is 18.3. The van der Waals surface area contributed by atoms with E-state index in [4.69, 9.17) is 9.15 Å². The standard InChI is InChI=1S/C31H28N4O6S2/c1-19-8-13-26-28(14-19)42-31(33-26)35(32-15-23-18-40-27-7-5-4-6-25(27)29(23)36)30(37)22-9-11-24(12-10-22)43(38,39)34-16-20(2)41-21(3)17-34/h4-15,18,20-21H,16-17H2,1-3H3/b32-15+.